The van der Waals surface area contributed by atoms with Crippen LogP contribution in [-0.2, 0) is 77.0 Å². The van der Waals surface area contributed by atoms with Gasteiger partial charge in [0, 0.05) is 20.8 Å². The lowest BCUT2D eigenvalue weighted by molar-refractivity contribution is -0.293. The van der Waals surface area contributed by atoms with Gasteiger partial charge in [-0.3, -0.25) is 28.0 Å². The number of phosphoric ester groups is 1. The maximum absolute atomic E-state index is 13.4. The van der Waals surface area contributed by atoms with E-state index in [0.717, 1.165) is 31.7 Å². The van der Waals surface area contributed by atoms with Gasteiger partial charge in [-0.25, -0.2) is 4.57 Å². The Labute approximate surface area is 297 Å². The molecule has 0 N–H and O–H groups in total. The van der Waals surface area contributed by atoms with E-state index in [9.17, 15) is 18.9 Å². The van der Waals surface area contributed by atoms with Crippen LogP contribution in [0, 0.1) is 0 Å². The second-order valence-corrected chi connectivity index (χ2v) is 12.6. The summed E-state index contributed by atoms with van der Waals surface area (Å²) in [6.07, 6.45) is -4.58. The average Bonchev–Trinajstić information content (AvgIpc) is 3.09. The van der Waals surface area contributed by atoms with Gasteiger partial charge in [-0.2, -0.15) is 0 Å². The van der Waals surface area contributed by atoms with Crippen molar-refractivity contribution in [2.24, 2.45) is 0 Å². The third-order valence-corrected chi connectivity index (χ3v) is 8.31. The van der Waals surface area contributed by atoms with Crippen molar-refractivity contribution in [1.29, 1.82) is 0 Å². The number of carbonyl (C=O) groups is 3. The van der Waals surface area contributed by atoms with Crippen LogP contribution in [0.25, 0.3) is 10.8 Å². The van der Waals surface area contributed by atoms with Gasteiger partial charge in [-0.1, -0.05) is 48.6 Å². The zero-order valence-corrected chi connectivity index (χ0v) is 30.0. The molecule has 0 radical (unpaired) electrons. The summed E-state index contributed by atoms with van der Waals surface area (Å²) in [6, 6.07) is 14.4. The van der Waals surface area contributed by atoms with E-state index >= 15 is 0 Å². The summed E-state index contributed by atoms with van der Waals surface area (Å²) < 4.78 is 74.4. The lowest BCUT2D eigenvalue weighted by Crippen LogP contribution is -2.62. The van der Waals surface area contributed by atoms with Gasteiger partial charge in [-0.15, -0.1) is 13.2 Å². The van der Waals surface area contributed by atoms with E-state index < -0.39 is 56.4 Å². The van der Waals surface area contributed by atoms with Crippen molar-refractivity contribution < 1.29 is 70.4 Å². The number of rotatable bonds is 24. The van der Waals surface area contributed by atoms with Gasteiger partial charge in [0.2, 0.25) is 6.29 Å². The first-order valence-electron chi connectivity index (χ1n) is 16.3. The third kappa shape index (κ3) is 14.9. The minimum absolute atomic E-state index is 0.0854. The molecular weight excluding hydrogens is 691 g/mol. The number of fused-ring (bicyclic) bond motifs is 1. The summed E-state index contributed by atoms with van der Waals surface area (Å²) >= 11 is 0. The standard InChI is InChI=1S/C35H47O15P/c1-6-14-44-51(39,45-15-7-2)50-35-34(48-27(5)38)33(47-26(4)37)32(46-25(3)36)31(49-35)24-43-21-19-41-17-16-40-18-20-42-23-28-12-13-29-10-8-9-11-30(29)22-28/h6-13,22,31-35H,1-2,14-21,23-24H2,3-5H3/t31-,32+,33+,34-,35+/m1/s1. The fourth-order valence-corrected chi connectivity index (χ4v) is 6.06. The quantitative estimate of drug-likeness (QED) is 0.0486. The smallest absolute Gasteiger partial charge is 0.456 e. The van der Waals surface area contributed by atoms with Crippen LogP contribution in [-0.4, -0.2) is 108 Å². The molecule has 0 spiro atoms. The van der Waals surface area contributed by atoms with Gasteiger partial charge < -0.3 is 37.9 Å². The molecule has 1 heterocycles. The predicted octanol–water partition coefficient (Wildman–Crippen LogP) is 4.46. The van der Waals surface area contributed by atoms with Crippen LogP contribution in [0.4, 0.5) is 0 Å². The van der Waals surface area contributed by atoms with Crippen molar-refractivity contribution in [2.45, 2.75) is 58.1 Å². The molecule has 0 bridgehead atoms. The molecule has 16 heteroatoms. The number of benzene rings is 2. The maximum Gasteiger partial charge on any atom is 0.477 e. The van der Waals surface area contributed by atoms with Crippen LogP contribution in [0.3, 0.4) is 0 Å². The SMILES string of the molecule is C=CCOP(=O)(OCC=C)O[C@@H]1O[C@H](COCCOCCOCCOCc2ccc3ccccc3c2)[C@H](OC(C)=O)[C@H](OC(C)=O)[C@H]1OC(C)=O. The van der Waals surface area contributed by atoms with Crippen molar-refractivity contribution in [3.8, 4) is 0 Å². The zero-order chi connectivity index (χ0) is 37.1. The molecular formula is C35H47O15P. The number of hydrogen-bond acceptors (Lipinski definition) is 15. The number of ether oxygens (including phenoxy) is 8. The van der Waals surface area contributed by atoms with Gasteiger partial charge in [0.1, 0.15) is 6.10 Å². The Morgan fingerprint density at radius 1 is 0.706 bits per heavy atom. The summed E-state index contributed by atoms with van der Waals surface area (Å²) in [6.45, 7) is 11.9. The molecule has 1 fully saturated rings. The molecule has 2 aromatic carbocycles. The average molecular weight is 739 g/mol. The molecule has 15 nitrogen and oxygen atoms in total. The first kappa shape index (κ1) is 41.9. The Bertz CT molecular complexity index is 1450. The van der Waals surface area contributed by atoms with Crippen LogP contribution in [0.1, 0.15) is 26.3 Å². The number of phosphoric acid groups is 1. The van der Waals surface area contributed by atoms with Crippen LogP contribution in [0.15, 0.2) is 67.8 Å². The minimum atomic E-state index is -4.40. The van der Waals surface area contributed by atoms with E-state index in [0.29, 0.717) is 33.0 Å². The van der Waals surface area contributed by atoms with E-state index in [4.69, 9.17) is 51.5 Å². The molecule has 0 aliphatic carbocycles. The Kier molecular flexibility index (Phi) is 18.4. The van der Waals surface area contributed by atoms with E-state index in [-0.39, 0.29) is 33.0 Å². The van der Waals surface area contributed by atoms with E-state index in [1.165, 1.54) is 17.5 Å². The van der Waals surface area contributed by atoms with Gasteiger partial charge in [-0.05, 0) is 22.4 Å². The van der Waals surface area contributed by atoms with E-state index in [1.54, 1.807) is 0 Å². The lowest BCUT2D eigenvalue weighted by Gasteiger charge is -2.44. The number of hydrogen-bond donors (Lipinski definition) is 0. The van der Waals surface area contributed by atoms with Gasteiger partial charge in [0.15, 0.2) is 18.3 Å². The van der Waals surface area contributed by atoms with Gasteiger partial charge in [0.05, 0.1) is 66.1 Å². The van der Waals surface area contributed by atoms with Crippen LogP contribution >= 0.6 is 7.82 Å². The van der Waals surface area contributed by atoms with Crippen molar-refractivity contribution in [2.75, 3.05) is 59.5 Å². The van der Waals surface area contributed by atoms with E-state index in [1.807, 2.05) is 18.2 Å². The number of esters is 3. The predicted molar refractivity (Wildman–Crippen MR) is 182 cm³/mol. The molecule has 51 heavy (non-hydrogen) atoms. The zero-order valence-electron chi connectivity index (χ0n) is 29.1. The number of carbonyl (C=O) groups excluding carboxylic acids is 3. The van der Waals surface area contributed by atoms with Crippen LogP contribution in [0.2, 0.25) is 0 Å². The molecule has 0 unspecified atom stereocenters. The topological polar surface area (TPSA) is 170 Å². The highest BCUT2D eigenvalue weighted by Gasteiger charge is 2.54. The molecule has 282 valence electrons. The summed E-state index contributed by atoms with van der Waals surface area (Å²) in [4.78, 5) is 36.3. The fraction of sp³-hybridized carbons (Fsp3) is 0.514. The monoisotopic (exact) mass is 738 g/mol. The third-order valence-electron chi connectivity index (χ3n) is 6.91. The Morgan fingerprint density at radius 2 is 1.24 bits per heavy atom. The molecule has 2 aromatic rings. The summed E-state index contributed by atoms with van der Waals surface area (Å²) in [7, 11) is -4.40. The minimum Gasteiger partial charge on any atom is -0.456 e. The second kappa shape index (κ2) is 22.4. The molecule has 1 saturated heterocycles. The van der Waals surface area contributed by atoms with Gasteiger partial charge >= 0.3 is 25.7 Å². The Balaban J connectivity index is 1.50. The second-order valence-electron chi connectivity index (χ2n) is 11.0. The highest BCUT2D eigenvalue weighted by Crippen LogP contribution is 2.52. The van der Waals surface area contributed by atoms with Crippen molar-refractivity contribution in [1.82, 2.24) is 0 Å². The maximum atomic E-state index is 13.4. The largest absolute Gasteiger partial charge is 0.477 e. The van der Waals surface area contributed by atoms with Crippen LogP contribution < -0.4 is 0 Å². The van der Waals surface area contributed by atoms with Crippen molar-refractivity contribution in [3.63, 3.8) is 0 Å². The molecule has 1 aliphatic rings. The first-order valence-corrected chi connectivity index (χ1v) is 17.8. The van der Waals surface area contributed by atoms with Crippen molar-refractivity contribution in [3.05, 3.63) is 73.3 Å². The molecule has 0 saturated carbocycles. The molecule has 1 aliphatic heterocycles. The molecule has 3 rings (SSSR count). The highest BCUT2D eigenvalue weighted by atomic mass is 31.2. The molecule has 0 amide bonds. The highest BCUT2D eigenvalue weighted by molar-refractivity contribution is 7.48. The Morgan fingerprint density at radius 3 is 1.82 bits per heavy atom. The normalized spacial score (nSPS) is 20.4. The Hall–Kier alpha value is -3.50. The first-order chi connectivity index (χ1) is 24.5. The van der Waals surface area contributed by atoms with Crippen molar-refractivity contribution >= 4 is 36.5 Å². The molecule has 5 atom stereocenters. The summed E-state index contributed by atoms with van der Waals surface area (Å²) in [5, 5.41) is 2.34. The fourth-order valence-electron chi connectivity index (χ4n) is 4.86. The van der Waals surface area contributed by atoms with Crippen LogP contribution in [0.5, 0.6) is 0 Å². The lowest BCUT2D eigenvalue weighted by atomic mass is 9.98. The summed E-state index contributed by atoms with van der Waals surface area (Å²) in [5.41, 5.74) is 1.08. The van der Waals surface area contributed by atoms with Gasteiger partial charge in [0.25, 0.3) is 0 Å². The molecule has 0 aromatic heterocycles. The summed E-state index contributed by atoms with van der Waals surface area (Å²) in [5.74, 6) is -2.37. The van der Waals surface area contributed by atoms with E-state index in [2.05, 4.69) is 37.4 Å².